The number of hydrogen-bond donors (Lipinski definition) is 0. The summed E-state index contributed by atoms with van der Waals surface area (Å²) in [7, 11) is 1.68. The second-order valence-electron chi connectivity index (χ2n) is 3.53. The van der Waals surface area contributed by atoms with Gasteiger partial charge in [0.1, 0.15) is 5.75 Å². The lowest BCUT2D eigenvalue weighted by Gasteiger charge is -2.08. The molecule has 2 aromatic heterocycles. The maximum Gasteiger partial charge on any atom is 0.129 e. The number of ether oxygens (including phenoxy) is 1. The van der Waals surface area contributed by atoms with E-state index in [9.17, 15) is 0 Å². The normalized spacial score (nSPS) is 12.4. The third-order valence-electron chi connectivity index (χ3n) is 2.40. The molecule has 0 fully saturated rings. The first-order valence-corrected chi connectivity index (χ1v) is 7.23. The molecule has 0 aromatic carbocycles. The Morgan fingerprint density at radius 3 is 3.06 bits per heavy atom. The number of alkyl halides is 1. The predicted molar refractivity (Wildman–Crippen MR) is 75.5 cm³/mol. The van der Waals surface area contributed by atoms with Crippen molar-refractivity contribution in [3.8, 4) is 5.75 Å². The Hall–Kier alpha value is -0.580. The van der Waals surface area contributed by atoms with Crippen molar-refractivity contribution in [3.63, 3.8) is 0 Å². The fourth-order valence-electron chi connectivity index (χ4n) is 1.47. The van der Waals surface area contributed by atoms with Crippen LogP contribution in [0.4, 0.5) is 0 Å². The Balaban J connectivity index is 2.11. The van der Waals surface area contributed by atoms with Gasteiger partial charge in [-0.25, -0.2) is 0 Å². The van der Waals surface area contributed by atoms with Crippen molar-refractivity contribution in [1.82, 2.24) is 4.98 Å². The van der Waals surface area contributed by atoms with Crippen molar-refractivity contribution >= 4 is 38.9 Å². The number of halogens is 2. The summed E-state index contributed by atoms with van der Waals surface area (Å²) < 4.78 is 5.17. The zero-order chi connectivity index (χ0) is 12.3. The molecule has 0 spiro atoms. The van der Waals surface area contributed by atoms with Crippen LogP contribution in [0.25, 0.3) is 0 Å². The van der Waals surface area contributed by atoms with Crippen LogP contribution in [-0.2, 0) is 6.42 Å². The van der Waals surface area contributed by atoms with E-state index >= 15 is 0 Å². The lowest BCUT2D eigenvalue weighted by molar-refractivity contribution is 0.416. The van der Waals surface area contributed by atoms with Gasteiger partial charge in [0.2, 0.25) is 0 Å². The van der Waals surface area contributed by atoms with E-state index < -0.39 is 0 Å². The van der Waals surface area contributed by atoms with Gasteiger partial charge in [-0.05, 0) is 24.1 Å². The van der Waals surface area contributed by atoms with E-state index in [1.807, 2.05) is 17.5 Å². The van der Waals surface area contributed by atoms with E-state index in [-0.39, 0.29) is 4.83 Å². The first-order valence-electron chi connectivity index (χ1n) is 5.05. The van der Waals surface area contributed by atoms with Crippen LogP contribution in [0.3, 0.4) is 0 Å². The number of rotatable bonds is 4. The molecule has 0 saturated heterocycles. The fourth-order valence-corrected chi connectivity index (χ4v) is 3.30. The van der Waals surface area contributed by atoms with Crippen LogP contribution in [-0.4, -0.2) is 12.1 Å². The van der Waals surface area contributed by atoms with Crippen LogP contribution in [0.5, 0.6) is 5.75 Å². The molecule has 0 aliphatic heterocycles. The Bertz CT molecular complexity index is 503. The largest absolute Gasteiger partial charge is 0.496 e. The minimum absolute atomic E-state index is 0.247. The number of nitrogens with zero attached hydrogens (tertiary/aromatic N) is 1. The van der Waals surface area contributed by atoms with Gasteiger partial charge in [-0.1, -0.05) is 27.5 Å². The van der Waals surface area contributed by atoms with Gasteiger partial charge in [-0.2, -0.15) is 0 Å². The topological polar surface area (TPSA) is 22.1 Å². The molecular formula is C12H11BrClNOS. The van der Waals surface area contributed by atoms with Gasteiger partial charge in [0.25, 0.3) is 0 Å². The summed E-state index contributed by atoms with van der Waals surface area (Å²) in [6.07, 6.45) is 4.27. The molecule has 0 saturated carbocycles. The molecule has 0 N–H and O–H groups in total. The van der Waals surface area contributed by atoms with Crippen LogP contribution < -0.4 is 4.74 Å². The van der Waals surface area contributed by atoms with Crippen LogP contribution >= 0.6 is 38.9 Å². The molecule has 0 aliphatic carbocycles. The maximum atomic E-state index is 6.08. The molecule has 0 aliphatic rings. The highest BCUT2D eigenvalue weighted by Gasteiger charge is 2.13. The summed E-state index contributed by atoms with van der Waals surface area (Å²) >= 11 is 11.4. The minimum atomic E-state index is 0.247. The third kappa shape index (κ3) is 3.21. The minimum Gasteiger partial charge on any atom is -0.496 e. The number of pyridine rings is 1. The number of hydrogen-bond acceptors (Lipinski definition) is 3. The van der Waals surface area contributed by atoms with E-state index in [4.69, 9.17) is 16.3 Å². The molecule has 17 heavy (non-hydrogen) atoms. The zero-order valence-electron chi connectivity index (χ0n) is 9.19. The number of aromatic nitrogens is 1. The van der Waals surface area contributed by atoms with Gasteiger partial charge in [0.15, 0.2) is 0 Å². The Labute approximate surface area is 118 Å². The standard InChI is InChI=1S/C12H11BrClNOS/c1-16-9-5-12(17-7-9)10(13)4-8-2-3-15-6-11(8)14/h2-3,5-7,10H,4H2,1H3. The monoisotopic (exact) mass is 331 g/mol. The van der Waals surface area contributed by atoms with Crippen LogP contribution in [0.1, 0.15) is 15.3 Å². The SMILES string of the molecule is COc1csc(C(Br)Cc2ccncc2Cl)c1. The van der Waals surface area contributed by atoms with Gasteiger partial charge in [-0.15, -0.1) is 11.3 Å². The molecule has 0 bridgehead atoms. The van der Waals surface area contributed by atoms with Gasteiger partial charge in [0, 0.05) is 22.7 Å². The Kier molecular flexibility index (Phi) is 4.42. The van der Waals surface area contributed by atoms with Crippen molar-refractivity contribution < 1.29 is 4.74 Å². The van der Waals surface area contributed by atoms with Gasteiger partial charge >= 0.3 is 0 Å². The van der Waals surface area contributed by atoms with E-state index in [1.165, 1.54) is 4.88 Å². The van der Waals surface area contributed by atoms with Crippen molar-refractivity contribution in [1.29, 1.82) is 0 Å². The van der Waals surface area contributed by atoms with Crippen LogP contribution in [0, 0.1) is 0 Å². The maximum absolute atomic E-state index is 6.08. The summed E-state index contributed by atoms with van der Waals surface area (Å²) in [5.41, 5.74) is 1.09. The molecule has 0 amide bonds. The summed E-state index contributed by atoms with van der Waals surface area (Å²) in [6, 6.07) is 3.99. The quantitative estimate of drug-likeness (QED) is 0.770. The number of thiophene rings is 1. The highest BCUT2D eigenvalue weighted by atomic mass is 79.9. The molecule has 2 heterocycles. The summed E-state index contributed by atoms with van der Waals surface area (Å²) in [5, 5.41) is 2.71. The van der Waals surface area contributed by atoms with Crippen LogP contribution in [0.15, 0.2) is 29.9 Å². The van der Waals surface area contributed by atoms with E-state index in [0.29, 0.717) is 5.02 Å². The van der Waals surface area contributed by atoms with Gasteiger partial charge < -0.3 is 4.74 Å². The third-order valence-corrected chi connectivity index (χ3v) is 4.88. The lowest BCUT2D eigenvalue weighted by atomic mass is 10.1. The highest BCUT2D eigenvalue weighted by molar-refractivity contribution is 9.09. The molecule has 2 aromatic rings. The lowest BCUT2D eigenvalue weighted by Crippen LogP contribution is -1.94. The molecule has 1 unspecified atom stereocenters. The van der Waals surface area contributed by atoms with Crippen molar-refractivity contribution in [3.05, 3.63) is 45.4 Å². The van der Waals surface area contributed by atoms with Gasteiger partial charge in [-0.3, -0.25) is 4.98 Å². The second kappa shape index (κ2) is 5.85. The predicted octanol–water partition coefficient (Wildman–Crippen LogP) is 4.48. The number of methoxy groups -OCH3 is 1. The Morgan fingerprint density at radius 2 is 2.41 bits per heavy atom. The smallest absolute Gasteiger partial charge is 0.129 e. The molecule has 0 radical (unpaired) electrons. The molecule has 1 atom stereocenters. The van der Waals surface area contributed by atoms with Crippen molar-refractivity contribution in [2.24, 2.45) is 0 Å². The summed E-state index contributed by atoms with van der Waals surface area (Å²) in [4.78, 5) is 5.46. The molecular weight excluding hydrogens is 322 g/mol. The fraction of sp³-hybridized carbons (Fsp3) is 0.250. The van der Waals surface area contributed by atoms with Crippen molar-refractivity contribution in [2.75, 3.05) is 7.11 Å². The molecule has 90 valence electrons. The first-order chi connectivity index (χ1) is 8.20. The van der Waals surface area contributed by atoms with E-state index in [2.05, 4.69) is 20.9 Å². The first kappa shape index (κ1) is 12.9. The highest BCUT2D eigenvalue weighted by Crippen LogP contribution is 2.35. The van der Waals surface area contributed by atoms with Gasteiger partial charge in [0.05, 0.1) is 17.0 Å². The average Bonchev–Trinajstić information content (AvgIpc) is 2.81. The van der Waals surface area contributed by atoms with Crippen LogP contribution in [0.2, 0.25) is 5.02 Å². The van der Waals surface area contributed by atoms with Crippen molar-refractivity contribution in [2.45, 2.75) is 11.2 Å². The Morgan fingerprint density at radius 1 is 1.59 bits per heavy atom. The summed E-state index contributed by atoms with van der Waals surface area (Å²) in [6.45, 7) is 0. The average molecular weight is 333 g/mol. The molecule has 2 rings (SSSR count). The zero-order valence-corrected chi connectivity index (χ0v) is 12.3. The van der Waals surface area contributed by atoms with E-state index in [0.717, 1.165) is 17.7 Å². The summed E-state index contributed by atoms with van der Waals surface area (Å²) in [5.74, 6) is 0.898. The second-order valence-corrected chi connectivity index (χ2v) is 5.98. The molecule has 2 nitrogen and oxygen atoms in total. The molecule has 5 heteroatoms. The van der Waals surface area contributed by atoms with E-state index in [1.54, 1.807) is 30.8 Å².